The Morgan fingerprint density at radius 3 is 2.71 bits per heavy atom. The molecule has 21 heavy (non-hydrogen) atoms. The van der Waals surface area contributed by atoms with E-state index in [4.69, 9.17) is 14.0 Å². The summed E-state index contributed by atoms with van der Waals surface area (Å²) in [5, 5.41) is 6.91. The number of ether oxygens (including phenoxy) is 2. The number of nitrogens with zero attached hydrogens (tertiary/aromatic N) is 2. The molecule has 116 valence electrons. The lowest BCUT2D eigenvalue weighted by Gasteiger charge is -2.37. The summed E-state index contributed by atoms with van der Waals surface area (Å²) in [5.74, 6) is 1.15. The number of piperidine rings is 1. The van der Waals surface area contributed by atoms with Crippen molar-refractivity contribution < 1.29 is 18.8 Å². The van der Waals surface area contributed by atoms with Crippen molar-refractivity contribution in [2.45, 2.75) is 32.0 Å². The van der Waals surface area contributed by atoms with E-state index in [-0.39, 0.29) is 5.91 Å². The van der Waals surface area contributed by atoms with E-state index in [0.717, 1.165) is 18.6 Å². The Bertz CT molecular complexity index is 486. The lowest BCUT2D eigenvalue weighted by Crippen LogP contribution is -2.47. The van der Waals surface area contributed by atoms with E-state index in [1.54, 1.807) is 0 Å². The second-order valence-corrected chi connectivity index (χ2v) is 5.49. The second-order valence-electron chi connectivity index (χ2n) is 5.49. The molecule has 2 aliphatic rings. The van der Waals surface area contributed by atoms with Crippen LogP contribution in [0.15, 0.2) is 10.6 Å². The predicted octanol–water partition coefficient (Wildman–Crippen LogP) is 1.15. The fourth-order valence-corrected chi connectivity index (χ4v) is 2.79. The summed E-state index contributed by atoms with van der Waals surface area (Å²) in [5.41, 5.74) is 0. The SMILES string of the molecule is Cc1cc(NCCC(=O)N2CCC3(CC2)OCCO3)no1. The van der Waals surface area contributed by atoms with Crippen LogP contribution >= 0.6 is 0 Å². The van der Waals surface area contributed by atoms with Gasteiger partial charge in [-0.3, -0.25) is 4.79 Å². The van der Waals surface area contributed by atoms with Crippen molar-refractivity contribution in [3.05, 3.63) is 11.8 Å². The molecule has 3 rings (SSSR count). The Morgan fingerprint density at radius 1 is 1.38 bits per heavy atom. The van der Waals surface area contributed by atoms with E-state index in [0.29, 0.717) is 45.1 Å². The van der Waals surface area contributed by atoms with Gasteiger partial charge in [0.25, 0.3) is 0 Å². The van der Waals surface area contributed by atoms with Crippen molar-refractivity contribution in [3.8, 4) is 0 Å². The zero-order chi connectivity index (χ0) is 14.7. The molecule has 0 atom stereocenters. The highest BCUT2D eigenvalue weighted by atomic mass is 16.7. The molecule has 1 N–H and O–H groups in total. The number of aryl methyl sites for hydroxylation is 1. The van der Waals surface area contributed by atoms with E-state index in [2.05, 4.69) is 10.5 Å². The maximum atomic E-state index is 12.2. The Labute approximate surface area is 123 Å². The first-order valence-corrected chi connectivity index (χ1v) is 7.40. The minimum absolute atomic E-state index is 0.149. The molecule has 3 heterocycles. The van der Waals surface area contributed by atoms with Crippen LogP contribution in [0.25, 0.3) is 0 Å². The molecule has 7 heteroatoms. The Hall–Kier alpha value is -1.60. The molecule has 2 fully saturated rings. The van der Waals surface area contributed by atoms with Crippen LogP contribution < -0.4 is 5.32 Å². The average molecular weight is 295 g/mol. The number of hydrogen-bond donors (Lipinski definition) is 1. The van der Waals surface area contributed by atoms with Crippen LogP contribution in [0.4, 0.5) is 5.82 Å². The van der Waals surface area contributed by atoms with E-state index < -0.39 is 5.79 Å². The maximum absolute atomic E-state index is 12.2. The van der Waals surface area contributed by atoms with E-state index >= 15 is 0 Å². The first-order valence-electron chi connectivity index (χ1n) is 7.40. The minimum Gasteiger partial charge on any atom is -0.367 e. The maximum Gasteiger partial charge on any atom is 0.224 e. The third-order valence-electron chi connectivity index (χ3n) is 3.96. The van der Waals surface area contributed by atoms with Crippen LogP contribution in [-0.4, -0.2) is 54.6 Å². The van der Waals surface area contributed by atoms with Gasteiger partial charge in [-0.25, -0.2) is 0 Å². The topological polar surface area (TPSA) is 76.8 Å². The average Bonchev–Trinajstić information content (AvgIpc) is 3.10. The highest BCUT2D eigenvalue weighted by Crippen LogP contribution is 2.31. The van der Waals surface area contributed by atoms with Crippen LogP contribution in [-0.2, 0) is 14.3 Å². The molecule has 0 aromatic carbocycles. The summed E-state index contributed by atoms with van der Waals surface area (Å²) in [7, 11) is 0. The van der Waals surface area contributed by atoms with Gasteiger partial charge in [0.1, 0.15) is 5.76 Å². The molecule has 0 radical (unpaired) electrons. The Kier molecular flexibility index (Phi) is 4.12. The van der Waals surface area contributed by atoms with Crippen molar-refractivity contribution in [3.63, 3.8) is 0 Å². The fraction of sp³-hybridized carbons (Fsp3) is 0.714. The lowest BCUT2D eigenvalue weighted by molar-refractivity contribution is -0.187. The highest BCUT2D eigenvalue weighted by molar-refractivity contribution is 5.76. The zero-order valence-corrected chi connectivity index (χ0v) is 12.3. The molecule has 2 saturated heterocycles. The molecule has 0 bridgehead atoms. The smallest absolute Gasteiger partial charge is 0.224 e. The summed E-state index contributed by atoms with van der Waals surface area (Å²) in [6, 6.07) is 1.81. The van der Waals surface area contributed by atoms with E-state index in [9.17, 15) is 4.79 Å². The van der Waals surface area contributed by atoms with Crippen molar-refractivity contribution in [2.24, 2.45) is 0 Å². The number of carbonyl (C=O) groups is 1. The molecule has 7 nitrogen and oxygen atoms in total. The van der Waals surface area contributed by atoms with Gasteiger partial charge in [-0.05, 0) is 6.92 Å². The van der Waals surface area contributed by atoms with E-state index in [1.165, 1.54) is 0 Å². The monoisotopic (exact) mass is 295 g/mol. The Balaban J connectivity index is 1.40. The molecule has 1 amide bonds. The molecule has 0 aliphatic carbocycles. The van der Waals surface area contributed by atoms with Gasteiger partial charge in [-0.2, -0.15) is 0 Å². The van der Waals surface area contributed by atoms with Crippen LogP contribution in [0.2, 0.25) is 0 Å². The molecular weight excluding hydrogens is 274 g/mol. The van der Waals surface area contributed by atoms with Crippen molar-refractivity contribution in [1.82, 2.24) is 10.1 Å². The number of anilines is 1. The van der Waals surface area contributed by atoms with Crippen molar-refractivity contribution >= 4 is 11.7 Å². The first-order chi connectivity index (χ1) is 10.2. The van der Waals surface area contributed by atoms with Crippen LogP contribution in [0, 0.1) is 6.92 Å². The van der Waals surface area contributed by atoms with Crippen LogP contribution in [0.3, 0.4) is 0 Å². The molecular formula is C14H21N3O4. The fourth-order valence-electron chi connectivity index (χ4n) is 2.79. The largest absolute Gasteiger partial charge is 0.367 e. The Morgan fingerprint density at radius 2 is 2.10 bits per heavy atom. The molecule has 1 aromatic rings. The van der Waals surface area contributed by atoms with Crippen molar-refractivity contribution in [1.29, 1.82) is 0 Å². The van der Waals surface area contributed by atoms with Gasteiger partial charge in [-0.1, -0.05) is 5.16 Å². The van der Waals surface area contributed by atoms with Gasteiger partial charge in [0, 0.05) is 45.0 Å². The highest BCUT2D eigenvalue weighted by Gasteiger charge is 2.40. The number of amides is 1. The molecule has 0 saturated carbocycles. The third kappa shape index (κ3) is 3.36. The molecule has 0 unspecified atom stereocenters. The van der Waals surface area contributed by atoms with Gasteiger partial charge < -0.3 is 24.2 Å². The second kappa shape index (κ2) is 6.03. The normalized spacial score (nSPS) is 20.9. The lowest BCUT2D eigenvalue weighted by atomic mass is 10.0. The standard InChI is InChI=1S/C14H21N3O4/c1-11-10-12(16-21-11)15-5-2-13(18)17-6-3-14(4-7-17)19-8-9-20-14/h10H,2-9H2,1H3,(H,15,16). The zero-order valence-electron chi connectivity index (χ0n) is 12.3. The number of aromatic nitrogens is 1. The number of likely N-dealkylation sites (tertiary alicyclic amines) is 1. The van der Waals surface area contributed by atoms with Gasteiger partial charge >= 0.3 is 0 Å². The summed E-state index contributed by atoms with van der Waals surface area (Å²) in [4.78, 5) is 14.0. The molecule has 1 aromatic heterocycles. The van der Waals surface area contributed by atoms with E-state index in [1.807, 2.05) is 17.9 Å². The molecule has 1 spiro atoms. The number of carbonyl (C=O) groups excluding carboxylic acids is 1. The minimum atomic E-state index is -0.423. The third-order valence-corrected chi connectivity index (χ3v) is 3.96. The van der Waals surface area contributed by atoms with Gasteiger partial charge in [0.2, 0.25) is 5.91 Å². The van der Waals surface area contributed by atoms with Gasteiger partial charge in [0.15, 0.2) is 11.6 Å². The number of nitrogens with one attached hydrogen (secondary N) is 1. The summed E-state index contributed by atoms with van der Waals surface area (Å²) >= 11 is 0. The summed E-state index contributed by atoms with van der Waals surface area (Å²) in [6.45, 7) is 5.10. The summed E-state index contributed by atoms with van der Waals surface area (Å²) in [6.07, 6.45) is 1.96. The van der Waals surface area contributed by atoms with Crippen LogP contribution in [0.5, 0.6) is 0 Å². The van der Waals surface area contributed by atoms with Crippen LogP contribution in [0.1, 0.15) is 25.0 Å². The molecule has 2 aliphatic heterocycles. The van der Waals surface area contributed by atoms with Gasteiger partial charge in [0.05, 0.1) is 13.2 Å². The summed E-state index contributed by atoms with van der Waals surface area (Å²) < 4.78 is 16.3. The van der Waals surface area contributed by atoms with Crippen molar-refractivity contribution in [2.75, 3.05) is 38.2 Å². The number of hydrogen-bond acceptors (Lipinski definition) is 6. The quantitative estimate of drug-likeness (QED) is 0.898. The predicted molar refractivity (Wildman–Crippen MR) is 74.8 cm³/mol. The van der Waals surface area contributed by atoms with Gasteiger partial charge in [-0.15, -0.1) is 0 Å². The number of rotatable bonds is 4. The first kappa shape index (κ1) is 14.3.